The first kappa shape index (κ1) is 38.0. The summed E-state index contributed by atoms with van der Waals surface area (Å²) in [5.41, 5.74) is 1.76. The second-order valence-corrected chi connectivity index (χ2v) is 13.2. The number of aliphatic hydroxyl groups excluding tert-OH is 1. The quantitative estimate of drug-likeness (QED) is 0.218. The normalized spacial score (nSPS) is 19.7. The number of hydrogen-bond donors (Lipinski definition) is 4. The molecule has 4 atom stereocenters. The number of amides is 5. The van der Waals surface area contributed by atoms with Crippen LogP contribution < -0.4 is 34.9 Å². The summed E-state index contributed by atoms with van der Waals surface area (Å²) in [4.78, 5) is 43.8. The average Bonchev–Trinajstić information content (AvgIpc) is 3.61. The van der Waals surface area contributed by atoms with E-state index in [9.17, 15) is 19.5 Å². The number of anilines is 3. The lowest BCUT2D eigenvalue weighted by Gasteiger charge is -2.35. The van der Waals surface area contributed by atoms with Gasteiger partial charge in [-0.2, -0.15) is 0 Å². The Morgan fingerprint density at radius 3 is 2.35 bits per heavy atom. The van der Waals surface area contributed by atoms with E-state index in [-0.39, 0.29) is 56.0 Å². The SMILES string of the molecule is COc1ccc(NC(=O)Nc2ccc3c(c2)C(=O)N([C@@H](C)CO)C[C@H](C)[C@H](CN(C)C(=O)Nc2ccc4c(c2)OCO4)OCCCC[C@@H](C)O3)cc1. The van der Waals surface area contributed by atoms with Gasteiger partial charge in [-0.25, -0.2) is 9.59 Å². The number of nitrogens with zero attached hydrogens (tertiary/aromatic N) is 2. The highest BCUT2D eigenvalue weighted by atomic mass is 16.7. The van der Waals surface area contributed by atoms with Crippen molar-refractivity contribution in [3.8, 4) is 23.0 Å². The van der Waals surface area contributed by atoms with Crippen LogP contribution in [-0.4, -0.2) is 98.4 Å². The van der Waals surface area contributed by atoms with E-state index in [1.165, 1.54) is 0 Å². The zero-order chi connectivity index (χ0) is 37.2. The molecule has 2 heterocycles. The molecule has 52 heavy (non-hydrogen) atoms. The smallest absolute Gasteiger partial charge is 0.323 e. The van der Waals surface area contributed by atoms with Gasteiger partial charge in [0.15, 0.2) is 11.5 Å². The van der Waals surface area contributed by atoms with Gasteiger partial charge in [-0.05, 0) is 87.7 Å². The Bertz CT molecular complexity index is 1690. The van der Waals surface area contributed by atoms with Crippen LogP contribution in [0.25, 0.3) is 0 Å². The van der Waals surface area contributed by atoms with E-state index < -0.39 is 18.2 Å². The molecule has 0 spiro atoms. The Morgan fingerprint density at radius 1 is 0.942 bits per heavy atom. The Morgan fingerprint density at radius 2 is 1.62 bits per heavy atom. The molecule has 3 aromatic rings. The summed E-state index contributed by atoms with van der Waals surface area (Å²) in [5.74, 6) is 1.60. The minimum atomic E-state index is -0.559. The van der Waals surface area contributed by atoms with E-state index in [1.807, 2.05) is 13.8 Å². The summed E-state index contributed by atoms with van der Waals surface area (Å²) < 4.78 is 28.7. The molecule has 280 valence electrons. The number of methoxy groups -OCH3 is 1. The third kappa shape index (κ3) is 9.98. The van der Waals surface area contributed by atoms with Gasteiger partial charge in [0, 0.05) is 55.8 Å². The molecule has 0 bridgehead atoms. The lowest BCUT2D eigenvalue weighted by molar-refractivity contribution is -0.0115. The van der Waals surface area contributed by atoms with Crippen LogP contribution in [-0.2, 0) is 4.74 Å². The van der Waals surface area contributed by atoms with Gasteiger partial charge in [-0.3, -0.25) is 4.79 Å². The van der Waals surface area contributed by atoms with Gasteiger partial charge >= 0.3 is 12.1 Å². The molecule has 5 amide bonds. The molecule has 0 fully saturated rings. The molecule has 0 unspecified atom stereocenters. The van der Waals surface area contributed by atoms with E-state index in [0.29, 0.717) is 46.7 Å². The van der Waals surface area contributed by atoms with Crippen LogP contribution in [0.4, 0.5) is 26.7 Å². The maximum Gasteiger partial charge on any atom is 0.323 e. The van der Waals surface area contributed by atoms with Crippen molar-refractivity contribution in [2.75, 3.05) is 63.2 Å². The molecule has 3 aromatic carbocycles. The number of hydrogen-bond acceptors (Lipinski definition) is 9. The van der Waals surface area contributed by atoms with Gasteiger partial charge in [0.1, 0.15) is 11.5 Å². The topological polar surface area (TPSA) is 160 Å². The number of ether oxygens (including phenoxy) is 5. The maximum absolute atomic E-state index is 14.4. The first-order chi connectivity index (χ1) is 25.0. The maximum atomic E-state index is 14.4. The van der Waals surface area contributed by atoms with Crippen LogP contribution in [0.2, 0.25) is 0 Å². The number of carbonyl (C=O) groups is 3. The predicted octanol–water partition coefficient (Wildman–Crippen LogP) is 6.03. The molecular formula is C38H49N5O9. The highest BCUT2D eigenvalue weighted by Crippen LogP contribution is 2.34. The summed E-state index contributed by atoms with van der Waals surface area (Å²) in [6.07, 6.45) is 1.68. The second-order valence-electron chi connectivity index (χ2n) is 13.2. The molecule has 0 radical (unpaired) electrons. The van der Waals surface area contributed by atoms with Gasteiger partial charge < -0.3 is 54.5 Å². The van der Waals surface area contributed by atoms with Gasteiger partial charge in [0.25, 0.3) is 5.91 Å². The van der Waals surface area contributed by atoms with E-state index >= 15 is 0 Å². The van der Waals surface area contributed by atoms with Crippen LogP contribution in [0.3, 0.4) is 0 Å². The zero-order valence-electron chi connectivity index (χ0n) is 30.3. The number of nitrogens with one attached hydrogen (secondary N) is 3. The van der Waals surface area contributed by atoms with Gasteiger partial charge in [-0.15, -0.1) is 0 Å². The first-order valence-corrected chi connectivity index (χ1v) is 17.5. The van der Waals surface area contributed by atoms with E-state index in [2.05, 4.69) is 16.0 Å². The van der Waals surface area contributed by atoms with Gasteiger partial charge in [0.2, 0.25) is 6.79 Å². The first-order valence-electron chi connectivity index (χ1n) is 17.5. The van der Waals surface area contributed by atoms with Crippen molar-refractivity contribution in [2.45, 2.75) is 58.3 Å². The fourth-order valence-corrected chi connectivity index (χ4v) is 5.98. The van der Waals surface area contributed by atoms with Crippen molar-refractivity contribution in [3.05, 3.63) is 66.2 Å². The zero-order valence-corrected chi connectivity index (χ0v) is 30.3. The molecular weight excluding hydrogens is 670 g/mol. The standard InChI is InChI=1S/C38H49N5O9/c1-24-20-43(25(2)22-44)36(45)31-18-28(40-37(46)39-27-9-13-30(48-5)14-10-27)11-15-32(31)52-26(3)8-6-7-17-49-35(24)21-42(4)38(47)41-29-12-16-33-34(19-29)51-23-50-33/h9-16,18-19,24-26,35,44H,6-8,17,20-23H2,1-5H3,(H,41,47)(H2,39,40,46)/t24-,25-,26+,35-/m0/s1. The Balaban J connectivity index is 1.34. The van der Waals surface area contributed by atoms with Crippen LogP contribution in [0.5, 0.6) is 23.0 Å². The van der Waals surface area contributed by atoms with Crippen LogP contribution in [0.15, 0.2) is 60.7 Å². The molecule has 0 aromatic heterocycles. The number of carbonyl (C=O) groups excluding carboxylic acids is 3. The molecule has 4 N–H and O–H groups in total. The third-order valence-corrected chi connectivity index (χ3v) is 9.08. The molecule has 0 saturated carbocycles. The molecule has 14 heteroatoms. The van der Waals surface area contributed by atoms with Gasteiger partial charge in [-0.1, -0.05) is 6.92 Å². The summed E-state index contributed by atoms with van der Waals surface area (Å²) in [5, 5.41) is 18.8. The van der Waals surface area contributed by atoms with Gasteiger partial charge in [0.05, 0.1) is 37.5 Å². The number of urea groups is 2. The predicted molar refractivity (Wildman–Crippen MR) is 197 cm³/mol. The van der Waals surface area contributed by atoms with Crippen molar-refractivity contribution in [1.82, 2.24) is 9.80 Å². The van der Waals surface area contributed by atoms with Crippen molar-refractivity contribution >= 4 is 35.0 Å². The molecule has 5 rings (SSSR count). The van der Waals surface area contributed by atoms with Crippen molar-refractivity contribution in [3.63, 3.8) is 0 Å². The highest BCUT2D eigenvalue weighted by Gasteiger charge is 2.31. The Labute approximate surface area is 304 Å². The minimum Gasteiger partial charge on any atom is -0.497 e. The average molecular weight is 720 g/mol. The van der Waals surface area contributed by atoms with Crippen LogP contribution in [0, 0.1) is 5.92 Å². The number of likely N-dealkylation sites (N-methyl/N-ethyl adjacent to an activating group) is 1. The van der Waals surface area contributed by atoms with E-state index in [0.717, 1.165) is 19.3 Å². The second kappa shape index (κ2) is 17.8. The Hall–Kier alpha value is -5.21. The summed E-state index contributed by atoms with van der Waals surface area (Å²) >= 11 is 0. The van der Waals surface area contributed by atoms with Crippen LogP contribution >= 0.6 is 0 Å². The molecule has 14 nitrogen and oxygen atoms in total. The van der Waals surface area contributed by atoms with E-state index in [1.54, 1.807) is 91.5 Å². The third-order valence-electron chi connectivity index (χ3n) is 9.08. The number of fused-ring (bicyclic) bond motifs is 2. The summed E-state index contributed by atoms with van der Waals surface area (Å²) in [6.45, 7) is 6.46. The van der Waals surface area contributed by atoms with Crippen molar-refractivity contribution < 1.29 is 43.2 Å². The molecule has 0 saturated heterocycles. The Kier molecular flexibility index (Phi) is 13.0. The number of rotatable bonds is 8. The molecule has 0 aliphatic carbocycles. The lowest BCUT2D eigenvalue weighted by Crippen LogP contribution is -2.48. The monoisotopic (exact) mass is 719 g/mol. The lowest BCUT2D eigenvalue weighted by atomic mass is 10.0. The molecule has 2 aliphatic rings. The van der Waals surface area contributed by atoms with Crippen LogP contribution in [0.1, 0.15) is 50.4 Å². The largest absolute Gasteiger partial charge is 0.497 e. The fourth-order valence-electron chi connectivity index (χ4n) is 5.98. The van der Waals surface area contributed by atoms with Crippen molar-refractivity contribution in [1.29, 1.82) is 0 Å². The number of aliphatic hydroxyl groups is 1. The van der Waals surface area contributed by atoms with E-state index in [4.69, 9.17) is 23.7 Å². The number of benzene rings is 3. The minimum absolute atomic E-state index is 0.135. The highest BCUT2D eigenvalue weighted by molar-refractivity contribution is 6.02. The van der Waals surface area contributed by atoms with Crippen molar-refractivity contribution in [2.24, 2.45) is 5.92 Å². The molecule has 2 aliphatic heterocycles. The summed E-state index contributed by atoms with van der Waals surface area (Å²) in [6, 6.07) is 15.7. The fraction of sp³-hybridized carbons (Fsp3) is 0.447. The summed E-state index contributed by atoms with van der Waals surface area (Å²) in [7, 11) is 3.26.